The van der Waals surface area contributed by atoms with Crippen molar-refractivity contribution in [3.8, 4) is 11.1 Å². The molecular formula is C19H20N4O2. The zero-order valence-corrected chi connectivity index (χ0v) is 13.9. The summed E-state index contributed by atoms with van der Waals surface area (Å²) in [4.78, 5) is 23.0. The quantitative estimate of drug-likeness (QED) is 0.919. The Bertz CT molecular complexity index is 841. The summed E-state index contributed by atoms with van der Waals surface area (Å²) in [6.07, 6.45) is 3.72. The molecule has 0 radical (unpaired) electrons. The topological polar surface area (TPSA) is 80.8 Å². The largest absolute Gasteiger partial charge is 0.378 e. The van der Waals surface area contributed by atoms with Crippen molar-refractivity contribution in [1.82, 2.24) is 4.98 Å². The first kappa shape index (κ1) is 15.9. The minimum Gasteiger partial charge on any atom is -0.378 e. The minimum atomic E-state index is 0.0407. The number of ether oxygens (including phenoxy) is 1. The van der Waals surface area contributed by atoms with Gasteiger partial charge >= 0.3 is 0 Å². The highest BCUT2D eigenvalue weighted by atomic mass is 16.5. The summed E-state index contributed by atoms with van der Waals surface area (Å²) in [5.74, 6) is 0.0407. The van der Waals surface area contributed by atoms with Gasteiger partial charge < -0.3 is 15.4 Å². The van der Waals surface area contributed by atoms with Crippen molar-refractivity contribution in [3.63, 3.8) is 0 Å². The number of anilines is 1. The van der Waals surface area contributed by atoms with Gasteiger partial charge in [0.05, 0.1) is 30.8 Å². The number of ketones is 1. The lowest BCUT2D eigenvalue weighted by atomic mass is 9.93. The molecule has 0 atom stereocenters. The Morgan fingerprint density at radius 3 is 2.72 bits per heavy atom. The van der Waals surface area contributed by atoms with Crippen LogP contribution >= 0.6 is 0 Å². The number of aliphatic imine (C=N–C) groups is 1. The van der Waals surface area contributed by atoms with E-state index in [4.69, 9.17) is 10.5 Å². The molecule has 128 valence electrons. The number of morpholine rings is 1. The fourth-order valence-corrected chi connectivity index (χ4v) is 3.30. The average molecular weight is 336 g/mol. The van der Waals surface area contributed by atoms with Crippen molar-refractivity contribution in [2.45, 2.75) is 0 Å². The minimum absolute atomic E-state index is 0.0407. The number of benzene rings is 1. The number of nitrogens with two attached hydrogens (primary N) is 1. The summed E-state index contributed by atoms with van der Waals surface area (Å²) >= 11 is 0. The molecule has 0 aliphatic carbocycles. The number of pyridine rings is 1. The molecule has 2 N–H and O–H groups in total. The Labute approximate surface area is 146 Å². The smallest absolute Gasteiger partial charge is 0.184 e. The number of hydrogen-bond acceptors (Lipinski definition) is 6. The van der Waals surface area contributed by atoms with Crippen LogP contribution in [0.5, 0.6) is 0 Å². The summed E-state index contributed by atoms with van der Waals surface area (Å²) in [7, 11) is 0. The summed E-state index contributed by atoms with van der Waals surface area (Å²) in [6, 6.07) is 7.97. The maximum atomic E-state index is 12.1. The molecule has 25 heavy (non-hydrogen) atoms. The zero-order valence-electron chi connectivity index (χ0n) is 13.9. The molecule has 0 amide bonds. The van der Waals surface area contributed by atoms with Crippen LogP contribution in [0.1, 0.15) is 15.9 Å². The van der Waals surface area contributed by atoms with E-state index in [9.17, 15) is 4.79 Å². The van der Waals surface area contributed by atoms with E-state index in [1.165, 1.54) is 0 Å². The third kappa shape index (κ3) is 3.06. The number of aromatic nitrogens is 1. The van der Waals surface area contributed by atoms with Crippen LogP contribution in [0.15, 0.2) is 41.7 Å². The Morgan fingerprint density at radius 2 is 1.92 bits per heavy atom. The van der Waals surface area contributed by atoms with Crippen LogP contribution < -0.4 is 10.6 Å². The van der Waals surface area contributed by atoms with Gasteiger partial charge in [0.15, 0.2) is 5.78 Å². The van der Waals surface area contributed by atoms with Crippen LogP contribution in [0.25, 0.3) is 11.1 Å². The van der Waals surface area contributed by atoms with E-state index in [1.54, 1.807) is 0 Å². The molecule has 2 aromatic rings. The molecule has 1 aromatic carbocycles. The van der Waals surface area contributed by atoms with E-state index in [0.29, 0.717) is 12.1 Å². The van der Waals surface area contributed by atoms with E-state index < -0.39 is 0 Å². The summed E-state index contributed by atoms with van der Waals surface area (Å²) in [5.41, 5.74) is 11.2. The monoisotopic (exact) mass is 336 g/mol. The molecule has 1 saturated heterocycles. The third-order valence-electron chi connectivity index (χ3n) is 4.67. The normalized spacial score (nSPS) is 17.2. The molecule has 0 unspecified atom stereocenters. The maximum Gasteiger partial charge on any atom is 0.184 e. The number of fused-ring (bicyclic) bond motifs is 1. The van der Waals surface area contributed by atoms with Crippen LogP contribution in [-0.2, 0) is 4.74 Å². The fraction of sp³-hybridized carbons (Fsp3) is 0.316. The molecule has 2 aliphatic rings. The second-order valence-corrected chi connectivity index (χ2v) is 6.18. The van der Waals surface area contributed by atoms with E-state index in [2.05, 4.69) is 20.9 Å². The SMILES string of the molecule is NCC1=NCC(=O)c2ccc(-c3cncc(N4CCOCC4)c3)cc21. The first-order valence-corrected chi connectivity index (χ1v) is 8.45. The number of hydrogen-bond donors (Lipinski definition) is 1. The number of carbonyl (C=O) groups excluding carboxylic acids is 1. The van der Waals surface area contributed by atoms with E-state index in [-0.39, 0.29) is 12.3 Å². The highest BCUT2D eigenvalue weighted by Gasteiger charge is 2.20. The van der Waals surface area contributed by atoms with Gasteiger partial charge in [-0.15, -0.1) is 0 Å². The van der Waals surface area contributed by atoms with Gasteiger partial charge in [-0.2, -0.15) is 0 Å². The van der Waals surface area contributed by atoms with E-state index in [1.807, 2.05) is 30.6 Å². The lowest BCUT2D eigenvalue weighted by Gasteiger charge is -2.28. The Balaban J connectivity index is 1.71. The number of Topliss-reactive ketones (excluding diaryl/α,β-unsaturated/α-hetero) is 1. The highest BCUT2D eigenvalue weighted by Crippen LogP contribution is 2.27. The average Bonchev–Trinajstić information content (AvgIpc) is 2.69. The van der Waals surface area contributed by atoms with Crippen molar-refractivity contribution < 1.29 is 9.53 Å². The molecule has 0 spiro atoms. The predicted octanol–water partition coefficient (Wildman–Crippen LogP) is 1.53. The molecule has 2 aliphatic heterocycles. The third-order valence-corrected chi connectivity index (χ3v) is 4.67. The number of carbonyl (C=O) groups is 1. The second kappa shape index (κ2) is 6.74. The first-order valence-electron chi connectivity index (χ1n) is 8.45. The molecule has 3 heterocycles. The predicted molar refractivity (Wildman–Crippen MR) is 97.5 cm³/mol. The van der Waals surface area contributed by atoms with Gasteiger partial charge in [0.25, 0.3) is 0 Å². The molecule has 6 heteroatoms. The summed E-state index contributed by atoms with van der Waals surface area (Å²) < 4.78 is 5.41. The summed E-state index contributed by atoms with van der Waals surface area (Å²) in [6.45, 7) is 3.73. The molecule has 4 rings (SSSR count). The van der Waals surface area contributed by atoms with Gasteiger partial charge in [-0.1, -0.05) is 12.1 Å². The van der Waals surface area contributed by atoms with Gasteiger partial charge in [0.1, 0.15) is 6.54 Å². The van der Waals surface area contributed by atoms with Gasteiger partial charge in [-0.05, 0) is 17.7 Å². The van der Waals surface area contributed by atoms with Crippen molar-refractivity contribution in [3.05, 3.63) is 47.8 Å². The molecular weight excluding hydrogens is 316 g/mol. The molecule has 1 fully saturated rings. The van der Waals surface area contributed by atoms with Gasteiger partial charge in [-0.3, -0.25) is 14.8 Å². The maximum absolute atomic E-state index is 12.1. The summed E-state index contributed by atoms with van der Waals surface area (Å²) in [5, 5.41) is 0. The van der Waals surface area contributed by atoms with Crippen LogP contribution in [0, 0.1) is 0 Å². The number of nitrogens with zero attached hydrogens (tertiary/aromatic N) is 3. The molecule has 6 nitrogen and oxygen atoms in total. The lowest BCUT2D eigenvalue weighted by Crippen LogP contribution is -2.36. The Kier molecular flexibility index (Phi) is 4.29. The van der Waals surface area contributed by atoms with Gasteiger partial charge in [0.2, 0.25) is 0 Å². The first-order chi connectivity index (χ1) is 12.3. The fourth-order valence-electron chi connectivity index (χ4n) is 3.30. The van der Waals surface area contributed by atoms with Crippen LogP contribution in [0.4, 0.5) is 5.69 Å². The van der Waals surface area contributed by atoms with Crippen LogP contribution in [0.3, 0.4) is 0 Å². The molecule has 0 bridgehead atoms. The lowest BCUT2D eigenvalue weighted by molar-refractivity contribution is 0.1000. The zero-order chi connectivity index (χ0) is 17.2. The van der Waals surface area contributed by atoms with Crippen molar-refractivity contribution in [2.75, 3.05) is 44.3 Å². The highest BCUT2D eigenvalue weighted by molar-refractivity contribution is 6.16. The second-order valence-electron chi connectivity index (χ2n) is 6.18. The molecule has 1 aromatic heterocycles. The van der Waals surface area contributed by atoms with Crippen LogP contribution in [0.2, 0.25) is 0 Å². The van der Waals surface area contributed by atoms with E-state index >= 15 is 0 Å². The van der Waals surface area contributed by atoms with Gasteiger partial charge in [-0.25, -0.2) is 0 Å². The van der Waals surface area contributed by atoms with Crippen molar-refractivity contribution >= 4 is 17.2 Å². The number of rotatable bonds is 3. The van der Waals surface area contributed by atoms with E-state index in [0.717, 1.165) is 54.4 Å². The Morgan fingerprint density at radius 1 is 1.08 bits per heavy atom. The van der Waals surface area contributed by atoms with Crippen LogP contribution in [-0.4, -0.2) is 55.9 Å². The Hall–Kier alpha value is -2.57. The van der Waals surface area contributed by atoms with Crippen molar-refractivity contribution in [1.29, 1.82) is 0 Å². The van der Waals surface area contributed by atoms with Crippen molar-refractivity contribution in [2.24, 2.45) is 10.7 Å². The molecule has 0 saturated carbocycles. The van der Waals surface area contributed by atoms with Gasteiger partial charge in [0, 0.05) is 42.5 Å². The standard InChI is InChI=1S/C19H20N4O2/c20-9-18-17-8-13(1-2-16(17)19(24)12-22-18)14-7-15(11-21-10-14)23-3-5-25-6-4-23/h1-2,7-8,10-11H,3-6,9,12,20H2.